The van der Waals surface area contributed by atoms with Crippen molar-refractivity contribution < 1.29 is 9.84 Å². The predicted molar refractivity (Wildman–Crippen MR) is 136 cm³/mol. The lowest BCUT2D eigenvalue weighted by atomic mass is 9.48. The Bertz CT molecular complexity index is 907. The summed E-state index contributed by atoms with van der Waals surface area (Å²) in [5.74, 6) is 5.66. The van der Waals surface area contributed by atoms with Crippen LogP contribution in [0.2, 0.25) is 0 Å². The summed E-state index contributed by atoms with van der Waals surface area (Å²) in [6.07, 6.45) is 12.5. The maximum absolute atomic E-state index is 11.1. The zero-order valence-electron chi connectivity index (χ0n) is 21.6. The predicted octanol–water partition coefficient (Wildman–Crippen LogP) is 6.77. The molecule has 3 nitrogen and oxygen atoms in total. The van der Waals surface area contributed by atoms with Crippen molar-refractivity contribution in [3.05, 3.63) is 35.4 Å². The smallest absolute Gasteiger partial charge is 0.0991 e. The molecular weight excluding hydrogens is 418 g/mol. The number of fused-ring (bicyclic) bond motifs is 5. The first-order chi connectivity index (χ1) is 16.4. The number of aliphatic hydroxyl groups is 1. The molecule has 9 atom stereocenters. The van der Waals surface area contributed by atoms with E-state index in [1.807, 2.05) is 19.1 Å². The highest BCUT2D eigenvalue weighted by molar-refractivity contribution is 5.33. The van der Waals surface area contributed by atoms with Crippen LogP contribution in [-0.4, -0.2) is 23.9 Å². The summed E-state index contributed by atoms with van der Waals surface area (Å²) in [6, 6.07) is 10.6. The summed E-state index contributed by atoms with van der Waals surface area (Å²) in [5, 5.41) is 20.4. The van der Waals surface area contributed by atoms with Gasteiger partial charge in [-0.3, -0.25) is 0 Å². The Balaban J connectivity index is 1.26. The molecule has 5 rings (SSSR count). The topological polar surface area (TPSA) is 53.2 Å². The van der Waals surface area contributed by atoms with Crippen molar-refractivity contribution in [2.24, 2.45) is 46.8 Å². The van der Waals surface area contributed by atoms with E-state index < -0.39 is 5.60 Å². The highest BCUT2D eigenvalue weighted by Crippen LogP contribution is 2.65. The van der Waals surface area contributed by atoms with Crippen LogP contribution in [0.5, 0.6) is 0 Å². The van der Waals surface area contributed by atoms with Gasteiger partial charge in [-0.15, -0.1) is 0 Å². The minimum Gasteiger partial charge on any atom is -0.387 e. The summed E-state index contributed by atoms with van der Waals surface area (Å²) in [7, 11) is 0. The van der Waals surface area contributed by atoms with Crippen LogP contribution in [0.25, 0.3) is 0 Å². The summed E-state index contributed by atoms with van der Waals surface area (Å²) in [6.45, 7) is 8.36. The second-order valence-corrected chi connectivity index (χ2v) is 12.8. The average Bonchev–Trinajstić information content (AvgIpc) is 3.20. The standard InChI is InChI=1S/C31H45NO2/c1-4-34-20-31(33)15-13-25-24(18-31)8-9-27-26(25)12-14-30(3)28(10-11-29(27)30)21(2)16-22-6-5-7-23(17-22)19-32/h5-7,17,21,24-29,33H,4,8-16,18,20H2,1-3H3/t21-,24+,25-,26+,27+,28?,29-,30+,31+/m0/s1. The Kier molecular flexibility index (Phi) is 6.86. The van der Waals surface area contributed by atoms with Crippen molar-refractivity contribution in [1.29, 1.82) is 5.26 Å². The number of rotatable bonds is 6. The Morgan fingerprint density at radius 1 is 1.09 bits per heavy atom. The van der Waals surface area contributed by atoms with Crippen molar-refractivity contribution >= 4 is 0 Å². The molecule has 4 aliphatic carbocycles. The number of nitriles is 1. The lowest BCUT2D eigenvalue weighted by molar-refractivity contribution is -0.129. The normalized spacial score (nSPS) is 42.2. The third kappa shape index (κ3) is 4.35. The van der Waals surface area contributed by atoms with Gasteiger partial charge in [-0.1, -0.05) is 26.0 Å². The minimum atomic E-state index is -0.579. The summed E-state index contributed by atoms with van der Waals surface area (Å²) in [5.41, 5.74) is 2.02. The molecule has 186 valence electrons. The summed E-state index contributed by atoms with van der Waals surface area (Å²) in [4.78, 5) is 0. The highest BCUT2D eigenvalue weighted by atomic mass is 16.5. The molecule has 4 saturated carbocycles. The van der Waals surface area contributed by atoms with Gasteiger partial charge < -0.3 is 9.84 Å². The molecule has 0 radical (unpaired) electrons. The fourth-order valence-corrected chi connectivity index (χ4v) is 9.64. The molecule has 1 unspecified atom stereocenters. The van der Waals surface area contributed by atoms with Gasteiger partial charge in [0.1, 0.15) is 0 Å². The van der Waals surface area contributed by atoms with E-state index in [0.717, 1.165) is 54.4 Å². The first kappa shape index (κ1) is 24.3. The summed E-state index contributed by atoms with van der Waals surface area (Å²) >= 11 is 0. The van der Waals surface area contributed by atoms with Gasteiger partial charge in [0.2, 0.25) is 0 Å². The first-order valence-corrected chi connectivity index (χ1v) is 14.2. The molecule has 0 amide bonds. The average molecular weight is 464 g/mol. The van der Waals surface area contributed by atoms with E-state index in [-0.39, 0.29) is 0 Å². The van der Waals surface area contributed by atoms with Crippen molar-refractivity contribution in [2.75, 3.05) is 13.2 Å². The molecule has 0 aliphatic heterocycles. The largest absolute Gasteiger partial charge is 0.387 e. The first-order valence-electron chi connectivity index (χ1n) is 14.2. The molecule has 3 heteroatoms. The van der Waals surface area contributed by atoms with Crippen LogP contribution >= 0.6 is 0 Å². The number of hydrogen-bond donors (Lipinski definition) is 1. The molecule has 0 heterocycles. The number of nitrogens with zero attached hydrogens (tertiary/aromatic N) is 1. The molecular formula is C31H45NO2. The Hall–Kier alpha value is -1.37. The van der Waals surface area contributed by atoms with Crippen LogP contribution in [0.15, 0.2) is 24.3 Å². The molecule has 0 bridgehead atoms. The van der Waals surface area contributed by atoms with Crippen molar-refractivity contribution in [2.45, 2.75) is 90.6 Å². The van der Waals surface area contributed by atoms with E-state index in [1.54, 1.807) is 0 Å². The van der Waals surface area contributed by atoms with Crippen LogP contribution < -0.4 is 0 Å². The van der Waals surface area contributed by atoms with Crippen molar-refractivity contribution in [1.82, 2.24) is 0 Å². The lowest BCUT2D eigenvalue weighted by Gasteiger charge is -2.57. The van der Waals surface area contributed by atoms with Gasteiger partial charge in [-0.25, -0.2) is 0 Å². The van der Waals surface area contributed by atoms with E-state index in [9.17, 15) is 10.4 Å². The molecule has 0 saturated heterocycles. The van der Waals surface area contributed by atoms with E-state index in [2.05, 4.69) is 32.0 Å². The molecule has 4 aliphatic rings. The fraction of sp³-hybridized carbons (Fsp3) is 0.774. The molecule has 34 heavy (non-hydrogen) atoms. The van der Waals surface area contributed by atoms with Crippen LogP contribution in [0.4, 0.5) is 0 Å². The Morgan fingerprint density at radius 3 is 2.71 bits per heavy atom. The van der Waals surface area contributed by atoms with Crippen LogP contribution in [0.3, 0.4) is 0 Å². The molecule has 0 aromatic heterocycles. The fourth-order valence-electron chi connectivity index (χ4n) is 9.64. The van der Waals surface area contributed by atoms with Crippen molar-refractivity contribution in [3.8, 4) is 6.07 Å². The van der Waals surface area contributed by atoms with Gasteiger partial charge >= 0.3 is 0 Å². The zero-order valence-corrected chi connectivity index (χ0v) is 21.6. The highest BCUT2D eigenvalue weighted by Gasteiger charge is 2.58. The van der Waals surface area contributed by atoms with E-state index in [0.29, 0.717) is 30.5 Å². The van der Waals surface area contributed by atoms with Gasteiger partial charge in [-0.2, -0.15) is 5.26 Å². The molecule has 4 fully saturated rings. The number of ether oxygens (including phenoxy) is 1. The zero-order chi connectivity index (χ0) is 23.9. The SMILES string of the molecule is CCOC[C@@]1(O)CC[C@H]2[C@H](CC[C@@H]3[C@@H]2CC[C@]2(C)C([C@@H](C)Cc4cccc(C#N)c4)CC[C@@H]32)C1. The van der Waals surface area contributed by atoms with Gasteiger partial charge in [0, 0.05) is 6.61 Å². The minimum absolute atomic E-state index is 0.477. The van der Waals surface area contributed by atoms with Crippen LogP contribution in [0.1, 0.15) is 89.7 Å². The second-order valence-electron chi connectivity index (χ2n) is 12.8. The Morgan fingerprint density at radius 2 is 1.91 bits per heavy atom. The maximum Gasteiger partial charge on any atom is 0.0991 e. The van der Waals surface area contributed by atoms with Gasteiger partial charge in [0.05, 0.1) is 23.8 Å². The van der Waals surface area contributed by atoms with Crippen molar-refractivity contribution in [3.63, 3.8) is 0 Å². The van der Waals surface area contributed by atoms with Gasteiger partial charge in [0.25, 0.3) is 0 Å². The van der Waals surface area contributed by atoms with E-state index in [4.69, 9.17) is 4.74 Å². The number of hydrogen-bond acceptors (Lipinski definition) is 3. The van der Waals surface area contributed by atoms with Gasteiger partial charge in [-0.05, 0) is 136 Å². The van der Waals surface area contributed by atoms with Crippen LogP contribution in [0, 0.1) is 58.2 Å². The molecule has 0 spiro atoms. The maximum atomic E-state index is 11.1. The van der Waals surface area contributed by atoms with Gasteiger partial charge in [0.15, 0.2) is 0 Å². The molecule has 1 aromatic carbocycles. The summed E-state index contributed by atoms with van der Waals surface area (Å²) < 4.78 is 5.66. The molecule has 1 N–H and O–H groups in total. The molecule has 1 aromatic rings. The van der Waals surface area contributed by atoms with E-state index in [1.165, 1.54) is 50.5 Å². The lowest BCUT2D eigenvalue weighted by Crippen LogP contribution is -2.52. The third-order valence-corrected chi connectivity index (χ3v) is 11.1. The van der Waals surface area contributed by atoms with E-state index >= 15 is 0 Å². The Labute approximate surface area is 207 Å². The monoisotopic (exact) mass is 463 g/mol. The quantitative estimate of drug-likeness (QED) is 0.506. The third-order valence-electron chi connectivity index (χ3n) is 11.1. The second kappa shape index (κ2) is 9.59. The number of benzene rings is 1. The van der Waals surface area contributed by atoms with Crippen LogP contribution in [-0.2, 0) is 11.2 Å².